The van der Waals surface area contributed by atoms with Crippen LogP contribution in [0.25, 0.3) is 11.1 Å². The van der Waals surface area contributed by atoms with Crippen molar-refractivity contribution < 1.29 is 19.8 Å². The lowest BCUT2D eigenvalue weighted by molar-refractivity contribution is 0.0695. The highest BCUT2D eigenvalue weighted by Gasteiger charge is 2.26. The van der Waals surface area contributed by atoms with Gasteiger partial charge in [0.2, 0.25) is 0 Å². The van der Waals surface area contributed by atoms with E-state index in [1.807, 2.05) is 12.1 Å². The lowest BCUT2D eigenvalue weighted by Crippen LogP contribution is -2.43. The fourth-order valence-electron chi connectivity index (χ4n) is 3.38. The Kier molecular flexibility index (Phi) is 5.48. The molecule has 0 radical (unpaired) electrons. The summed E-state index contributed by atoms with van der Waals surface area (Å²) in [5.74, 6) is -3.30. The van der Waals surface area contributed by atoms with Crippen molar-refractivity contribution in [2.24, 2.45) is 0 Å². The van der Waals surface area contributed by atoms with Crippen LogP contribution in [0, 0.1) is 0 Å². The summed E-state index contributed by atoms with van der Waals surface area (Å²) in [6.45, 7) is 4.63. The zero-order valence-electron chi connectivity index (χ0n) is 15.4. The van der Waals surface area contributed by atoms with E-state index in [9.17, 15) is 24.6 Å². The van der Waals surface area contributed by atoms with Gasteiger partial charge in [0.25, 0.3) is 5.56 Å². The normalized spacial score (nSPS) is 15.5. The van der Waals surface area contributed by atoms with Crippen LogP contribution >= 0.6 is 0 Å². The van der Waals surface area contributed by atoms with Gasteiger partial charge in [-0.1, -0.05) is 24.3 Å². The third-order valence-electron chi connectivity index (χ3n) is 4.92. The van der Waals surface area contributed by atoms with Crippen molar-refractivity contribution in [1.29, 1.82) is 0 Å². The molecule has 148 valence electrons. The number of nitrogen functional groups attached to an aromatic ring is 1. The molecule has 2 aromatic rings. The second kappa shape index (κ2) is 7.83. The first kappa shape index (κ1) is 19.6. The maximum Gasteiger partial charge on any atom is 0.342 e. The number of aromatic amines is 1. The maximum atomic E-state index is 12.1. The van der Waals surface area contributed by atoms with Crippen LogP contribution in [-0.4, -0.2) is 70.2 Å². The molecule has 0 aliphatic carbocycles. The smallest absolute Gasteiger partial charge is 0.342 e. The number of rotatable bonds is 5. The fraction of sp³-hybridized carbons (Fsp3) is 0.316. The first-order valence-electron chi connectivity index (χ1n) is 8.80. The number of nitrogens with one attached hydrogen (secondary N) is 1. The Morgan fingerprint density at radius 2 is 1.61 bits per heavy atom. The molecular formula is C19H22N4O5. The largest absolute Gasteiger partial charge is 0.478 e. The molecule has 0 amide bonds. The number of piperazine rings is 1. The molecule has 0 saturated carbocycles. The van der Waals surface area contributed by atoms with Crippen LogP contribution in [0.15, 0.2) is 29.1 Å². The minimum absolute atomic E-state index is 0.188. The third-order valence-corrected chi connectivity index (χ3v) is 4.92. The Morgan fingerprint density at radius 3 is 2.14 bits per heavy atom. The van der Waals surface area contributed by atoms with Gasteiger partial charge >= 0.3 is 11.9 Å². The van der Waals surface area contributed by atoms with Gasteiger partial charge in [-0.3, -0.25) is 9.69 Å². The summed E-state index contributed by atoms with van der Waals surface area (Å²) in [7, 11) is 2.08. The summed E-state index contributed by atoms with van der Waals surface area (Å²) in [6.07, 6.45) is 0. The van der Waals surface area contributed by atoms with Gasteiger partial charge in [0, 0.05) is 38.3 Å². The molecule has 1 aliphatic rings. The van der Waals surface area contributed by atoms with E-state index < -0.39 is 28.6 Å². The van der Waals surface area contributed by atoms with Gasteiger partial charge < -0.3 is 25.8 Å². The van der Waals surface area contributed by atoms with Gasteiger partial charge in [0.15, 0.2) is 0 Å². The summed E-state index contributed by atoms with van der Waals surface area (Å²) < 4.78 is 0. The number of benzene rings is 1. The average Bonchev–Trinajstić information content (AvgIpc) is 2.63. The van der Waals surface area contributed by atoms with Crippen LogP contribution in [0.4, 0.5) is 5.82 Å². The number of H-pyrrole nitrogens is 1. The van der Waals surface area contributed by atoms with Crippen LogP contribution in [0.1, 0.15) is 26.3 Å². The first-order valence-corrected chi connectivity index (χ1v) is 8.80. The van der Waals surface area contributed by atoms with Crippen LogP contribution in [0.2, 0.25) is 0 Å². The summed E-state index contributed by atoms with van der Waals surface area (Å²) in [5, 5.41) is 18.9. The predicted molar refractivity (Wildman–Crippen MR) is 104 cm³/mol. The number of likely N-dealkylation sites (N-methyl/N-ethyl adjacent to an activating group) is 1. The summed E-state index contributed by atoms with van der Waals surface area (Å²) in [6, 6.07) is 6.86. The summed E-state index contributed by atoms with van der Waals surface area (Å²) >= 11 is 0. The van der Waals surface area contributed by atoms with Crippen molar-refractivity contribution >= 4 is 17.8 Å². The minimum Gasteiger partial charge on any atom is -0.478 e. The van der Waals surface area contributed by atoms with E-state index in [2.05, 4.69) is 21.8 Å². The quantitative estimate of drug-likeness (QED) is 0.591. The van der Waals surface area contributed by atoms with Crippen molar-refractivity contribution in [3.8, 4) is 11.1 Å². The molecule has 1 aliphatic heterocycles. The molecule has 9 heteroatoms. The second-order valence-corrected chi connectivity index (χ2v) is 6.88. The fourth-order valence-corrected chi connectivity index (χ4v) is 3.38. The molecule has 1 fully saturated rings. The summed E-state index contributed by atoms with van der Waals surface area (Å²) in [5.41, 5.74) is 4.79. The third kappa shape index (κ3) is 3.90. The van der Waals surface area contributed by atoms with E-state index in [4.69, 9.17) is 5.73 Å². The van der Waals surface area contributed by atoms with E-state index in [0.29, 0.717) is 5.56 Å². The molecule has 1 saturated heterocycles. The number of aromatic carboxylic acids is 2. The Balaban J connectivity index is 1.98. The summed E-state index contributed by atoms with van der Waals surface area (Å²) in [4.78, 5) is 42.0. The lowest BCUT2D eigenvalue weighted by atomic mass is 9.94. The van der Waals surface area contributed by atoms with E-state index in [0.717, 1.165) is 38.3 Å². The van der Waals surface area contributed by atoms with Crippen molar-refractivity contribution in [2.45, 2.75) is 6.54 Å². The van der Waals surface area contributed by atoms with Crippen molar-refractivity contribution in [3.05, 3.63) is 51.3 Å². The number of carboxylic acid groups (broad SMARTS) is 2. The molecule has 2 heterocycles. The van der Waals surface area contributed by atoms with E-state index in [-0.39, 0.29) is 11.4 Å². The highest BCUT2D eigenvalue weighted by Crippen LogP contribution is 2.29. The van der Waals surface area contributed by atoms with Crippen LogP contribution in [0.5, 0.6) is 0 Å². The molecule has 0 spiro atoms. The Morgan fingerprint density at radius 1 is 1.04 bits per heavy atom. The maximum absolute atomic E-state index is 12.1. The highest BCUT2D eigenvalue weighted by molar-refractivity contribution is 6.07. The molecule has 0 atom stereocenters. The minimum atomic E-state index is -1.51. The Labute approximate surface area is 161 Å². The standard InChI is InChI=1S/C19H22N4O5/c1-22-6-8-23(9-7-22)10-11-2-4-12(5-3-11)13-14(18(25)26)16(20)21-17(24)15(13)19(27)28/h2-5H,6-10H2,1H3,(H,25,26)(H,27,28)(H3,20,21,24). The van der Waals surface area contributed by atoms with Crippen LogP contribution < -0.4 is 11.3 Å². The topological polar surface area (TPSA) is 140 Å². The molecule has 28 heavy (non-hydrogen) atoms. The van der Waals surface area contributed by atoms with Crippen molar-refractivity contribution in [2.75, 3.05) is 39.0 Å². The molecule has 9 nitrogen and oxygen atoms in total. The molecule has 1 aromatic carbocycles. The number of pyridine rings is 1. The van der Waals surface area contributed by atoms with E-state index in [1.54, 1.807) is 12.1 Å². The molecule has 1 aromatic heterocycles. The zero-order chi connectivity index (χ0) is 20.4. The van der Waals surface area contributed by atoms with E-state index >= 15 is 0 Å². The van der Waals surface area contributed by atoms with Gasteiger partial charge in [-0.25, -0.2) is 9.59 Å². The molecular weight excluding hydrogens is 364 g/mol. The predicted octanol–water partition coefficient (Wildman–Crippen LogP) is 0.768. The number of carbonyl (C=O) groups is 2. The number of nitrogens with two attached hydrogens (primary N) is 1. The van der Waals surface area contributed by atoms with Crippen molar-refractivity contribution in [1.82, 2.24) is 14.8 Å². The van der Waals surface area contributed by atoms with Crippen LogP contribution in [-0.2, 0) is 6.54 Å². The number of carboxylic acids is 2. The molecule has 0 bridgehead atoms. The van der Waals surface area contributed by atoms with Gasteiger partial charge in [-0.05, 0) is 18.2 Å². The second-order valence-electron chi connectivity index (χ2n) is 6.88. The average molecular weight is 386 g/mol. The monoisotopic (exact) mass is 386 g/mol. The van der Waals surface area contributed by atoms with Gasteiger partial charge in [0.1, 0.15) is 16.9 Å². The molecule has 3 rings (SSSR count). The number of anilines is 1. The van der Waals surface area contributed by atoms with Gasteiger partial charge in [-0.2, -0.15) is 0 Å². The molecule has 5 N–H and O–H groups in total. The Hall–Kier alpha value is -3.17. The number of nitrogens with zero attached hydrogens (tertiary/aromatic N) is 2. The lowest BCUT2D eigenvalue weighted by Gasteiger charge is -2.32. The van der Waals surface area contributed by atoms with Crippen molar-refractivity contribution in [3.63, 3.8) is 0 Å². The van der Waals surface area contributed by atoms with Gasteiger partial charge in [0.05, 0.1) is 0 Å². The van der Waals surface area contributed by atoms with Gasteiger partial charge in [-0.15, -0.1) is 0 Å². The number of hydrogen-bond acceptors (Lipinski definition) is 6. The number of aromatic nitrogens is 1. The van der Waals surface area contributed by atoms with Crippen LogP contribution in [0.3, 0.4) is 0 Å². The zero-order valence-corrected chi connectivity index (χ0v) is 15.4. The SMILES string of the molecule is CN1CCN(Cc2ccc(-c3c(C(=O)O)c(N)[nH]c(=O)c3C(=O)O)cc2)CC1. The Bertz CT molecular complexity index is 960. The first-order chi connectivity index (χ1) is 13.3. The number of hydrogen-bond donors (Lipinski definition) is 4. The molecule has 0 unspecified atom stereocenters. The highest BCUT2D eigenvalue weighted by atomic mass is 16.4. The van der Waals surface area contributed by atoms with E-state index in [1.165, 1.54) is 0 Å².